The quantitative estimate of drug-likeness (QED) is 0.0416. The SMILES string of the molecule is C#CCOCCOCCOCCOCCOCCNC(=O)CCOCC(COCCC(=O)NCCOCCOCCOCCOCCOCC#C)(COCCC(=O)NCCOCCOCCOCCOCCOCC#C)COCCC(=O)NCCOCCOCCOCCOCCOCC#C. The fraction of sp³-hybridized carbons (Fsp3) is 0.826. The van der Waals surface area contributed by atoms with E-state index in [1.54, 1.807) is 0 Å². The molecule has 0 atom stereocenters. The summed E-state index contributed by atoms with van der Waals surface area (Å²) in [6, 6.07) is 0. The van der Waals surface area contributed by atoms with E-state index in [1.165, 1.54) is 0 Å². The summed E-state index contributed by atoms with van der Waals surface area (Å²) >= 11 is 0. The smallest absolute Gasteiger partial charge is 0.222 e. The number of terminal acetylenes is 4. The average molecular weight is 1450 g/mol. The van der Waals surface area contributed by atoms with Crippen molar-refractivity contribution in [3.63, 3.8) is 0 Å². The maximum Gasteiger partial charge on any atom is 0.222 e. The Hall–Kier alpha value is -4.84. The monoisotopic (exact) mass is 1450 g/mol. The second-order valence-corrected chi connectivity index (χ2v) is 20.9. The van der Waals surface area contributed by atoms with Crippen LogP contribution in [0.3, 0.4) is 0 Å². The van der Waals surface area contributed by atoms with Gasteiger partial charge in [0.25, 0.3) is 0 Å². The van der Waals surface area contributed by atoms with E-state index in [9.17, 15) is 19.2 Å². The summed E-state index contributed by atoms with van der Waals surface area (Å²) in [5, 5.41) is 11.3. The van der Waals surface area contributed by atoms with Crippen LogP contribution in [0.5, 0.6) is 0 Å². The zero-order valence-corrected chi connectivity index (χ0v) is 59.8. The largest absolute Gasteiger partial charge is 0.380 e. The van der Waals surface area contributed by atoms with Crippen molar-refractivity contribution in [3.05, 3.63) is 0 Å². The van der Waals surface area contributed by atoms with Crippen LogP contribution in [0.15, 0.2) is 0 Å². The molecule has 0 bridgehead atoms. The van der Waals surface area contributed by atoms with E-state index in [1.807, 2.05) is 0 Å². The van der Waals surface area contributed by atoms with Gasteiger partial charge < -0.3 is 135 Å². The molecule has 0 aliphatic heterocycles. The van der Waals surface area contributed by atoms with Gasteiger partial charge in [-0.25, -0.2) is 0 Å². The van der Waals surface area contributed by atoms with Gasteiger partial charge in [0, 0.05) is 51.9 Å². The molecule has 0 aliphatic carbocycles. The highest BCUT2D eigenvalue weighted by Crippen LogP contribution is 2.22. The predicted octanol–water partition coefficient (Wildman–Crippen LogP) is -1.07. The van der Waals surface area contributed by atoms with Gasteiger partial charge in [-0.1, -0.05) is 23.7 Å². The van der Waals surface area contributed by atoms with Gasteiger partial charge >= 0.3 is 0 Å². The first-order valence-electron chi connectivity index (χ1n) is 34.5. The number of amides is 4. The second-order valence-electron chi connectivity index (χ2n) is 20.9. The summed E-state index contributed by atoms with van der Waals surface area (Å²) in [5.41, 5.74) is -1.03. The van der Waals surface area contributed by atoms with Crippen LogP contribution in [-0.4, -0.2) is 367 Å². The number of hydrogen-bond donors (Lipinski definition) is 4. The van der Waals surface area contributed by atoms with E-state index in [2.05, 4.69) is 44.9 Å². The number of carbonyl (C=O) groups excluding carboxylic acids is 4. The lowest BCUT2D eigenvalue weighted by atomic mass is 9.92. The normalized spacial score (nSPS) is 11.3. The Morgan fingerprint density at radius 3 is 0.485 bits per heavy atom. The van der Waals surface area contributed by atoms with Crippen molar-refractivity contribution in [2.24, 2.45) is 5.41 Å². The molecule has 4 amide bonds. The first kappa shape index (κ1) is 96.2. The molecule has 0 heterocycles. The van der Waals surface area contributed by atoms with Crippen molar-refractivity contribution in [1.29, 1.82) is 0 Å². The van der Waals surface area contributed by atoms with Gasteiger partial charge in [-0.3, -0.25) is 19.2 Å². The Labute approximate surface area is 599 Å². The van der Waals surface area contributed by atoms with E-state index in [-0.39, 0.29) is 181 Å². The van der Waals surface area contributed by atoms with Crippen LogP contribution in [0, 0.1) is 54.8 Å². The van der Waals surface area contributed by atoms with Gasteiger partial charge in [0.05, 0.1) is 296 Å². The van der Waals surface area contributed by atoms with Gasteiger partial charge in [-0.2, -0.15) is 0 Å². The fourth-order valence-corrected chi connectivity index (χ4v) is 7.51. The predicted molar refractivity (Wildman–Crippen MR) is 368 cm³/mol. The lowest BCUT2D eigenvalue weighted by Crippen LogP contribution is -2.43. The highest BCUT2D eigenvalue weighted by Gasteiger charge is 2.33. The number of rotatable bonds is 84. The number of carbonyl (C=O) groups is 4. The molecule has 0 unspecified atom stereocenters. The Morgan fingerprint density at radius 1 is 0.198 bits per heavy atom. The first-order valence-corrected chi connectivity index (χ1v) is 34.5. The molecule has 0 aliphatic rings. The lowest BCUT2D eigenvalue weighted by molar-refractivity contribution is -0.129. The second kappa shape index (κ2) is 82.4. The molecule has 0 spiro atoms. The van der Waals surface area contributed by atoms with E-state index >= 15 is 0 Å². The standard InChI is InChI=1S/C69H120N4O28/c1-5-17-78-29-37-86-45-53-94-57-49-90-41-33-82-25-13-70-65(74)9-21-98-61-69(62-99-22-10-66(75)71-14-26-83-34-42-91-50-58-95-54-46-87-38-30-79-18-6-2,63-100-23-11-67(76)72-15-27-84-35-43-92-51-59-96-55-47-88-39-31-80-19-7-3)64-101-24-12-68(77)73-16-28-85-36-44-93-52-60-97-56-48-89-40-32-81-20-8-4/h1-4H,9-64H2,(H,70,74)(H,71,75)(H,72,76)(H,73,77). The molecule has 0 saturated carbocycles. The summed E-state index contributed by atoms with van der Waals surface area (Å²) < 4.78 is 133. The molecule has 0 radical (unpaired) electrons. The minimum absolute atomic E-state index is 0.0183. The fourth-order valence-electron chi connectivity index (χ4n) is 7.51. The van der Waals surface area contributed by atoms with Crippen molar-refractivity contribution in [1.82, 2.24) is 21.3 Å². The molecule has 32 nitrogen and oxygen atoms in total. The highest BCUT2D eigenvalue weighted by atomic mass is 16.6. The highest BCUT2D eigenvalue weighted by molar-refractivity contribution is 5.77. The maximum atomic E-state index is 12.9. The van der Waals surface area contributed by atoms with Crippen LogP contribution in [0.2, 0.25) is 0 Å². The third-order valence-electron chi connectivity index (χ3n) is 12.5. The minimum atomic E-state index is -1.03. The topological polar surface area (TPSA) is 338 Å². The van der Waals surface area contributed by atoms with Crippen molar-refractivity contribution < 1.29 is 133 Å². The molecule has 0 aromatic heterocycles. The van der Waals surface area contributed by atoms with E-state index in [0.29, 0.717) is 211 Å². The molecule has 0 saturated heterocycles. The summed E-state index contributed by atoms with van der Waals surface area (Å²) in [7, 11) is 0. The van der Waals surface area contributed by atoms with Crippen LogP contribution in [0.25, 0.3) is 0 Å². The molecule has 101 heavy (non-hydrogen) atoms. The Morgan fingerprint density at radius 2 is 0.337 bits per heavy atom. The Bertz CT molecular complexity index is 1740. The molecular formula is C69H120N4O28. The molecular weight excluding hydrogens is 1330 g/mol. The van der Waals surface area contributed by atoms with Crippen molar-refractivity contribution >= 4 is 23.6 Å². The molecule has 584 valence electrons. The first-order chi connectivity index (χ1) is 49.8. The molecule has 0 aromatic carbocycles. The van der Waals surface area contributed by atoms with Gasteiger partial charge in [-0.15, -0.1) is 25.7 Å². The van der Waals surface area contributed by atoms with Gasteiger partial charge in [-0.05, 0) is 0 Å². The van der Waals surface area contributed by atoms with Crippen LogP contribution >= 0.6 is 0 Å². The summed E-state index contributed by atoms with van der Waals surface area (Å²) in [4.78, 5) is 51.5. The molecule has 0 aromatic rings. The van der Waals surface area contributed by atoms with Gasteiger partial charge in [0.2, 0.25) is 23.6 Å². The summed E-state index contributed by atoms with van der Waals surface area (Å²) in [5.74, 6) is 8.51. The zero-order chi connectivity index (χ0) is 73.0. The zero-order valence-electron chi connectivity index (χ0n) is 59.8. The lowest BCUT2D eigenvalue weighted by Gasteiger charge is -2.33. The van der Waals surface area contributed by atoms with Crippen LogP contribution in [-0.2, 0) is 133 Å². The molecule has 0 fully saturated rings. The molecule has 32 heteroatoms. The molecule has 4 N–H and O–H groups in total. The average Bonchev–Trinajstić information content (AvgIpc) is 1.09. The number of hydrogen-bond acceptors (Lipinski definition) is 28. The number of nitrogens with one attached hydrogen (secondary N) is 4. The van der Waals surface area contributed by atoms with Crippen LogP contribution < -0.4 is 21.3 Å². The van der Waals surface area contributed by atoms with Crippen molar-refractivity contribution in [2.75, 3.05) is 343 Å². The van der Waals surface area contributed by atoms with Gasteiger partial charge in [0.1, 0.15) is 26.4 Å². The van der Waals surface area contributed by atoms with E-state index in [4.69, 9.17) is 139 Å². The van der Waals surface area contributed by atoms with E-state index < -0.39 is 5.41 Å². The summed E-state index contributed by atoms with van der Waals surface area (Å²) in [6.07, 6.45) is 20.6. The van der Waals surface area contributed by atoms with Crippen molar-refractivity contribution in [3.8, 4) is 49.4 Å². The molecule has 0 rings (SSSR count). The van der Waals surface area contributed by atoms with Crippen LogP contribution in [0.4, 0.5) is 0 Å². The van der Waals surface area contributed by atoms with Gasteiger partial charge in [0.15, 0.2) is 0 Å². The van der Waals surface area contributed by atoms with Crippen molar-refractivity contribution in [2.45, 2.75) is 25.7 Å². The summed E-state index contributed by atoms with van der Waals surface area (Å²) in [6.45, 7) is 15.8. The Balaban J connectivity index is 5.34. The van der Waals surface area contributed by atoms with Crippen LogP contribution in [0.1, 0.15) is 25.7 Å². The third kappa shape index (κ3) is 77.6. The minimum Gasteiger partial charge on any atom is -0.380 e. The van der Waals surface area contributed by atoms with E-state index in [0.717, 1.165) is 0 Å². The third-order valence-corrected chi connectivity index (χ3v) is 12.5. The number of ether oxygens (including phenoxy) is 24. The Kier molecular flexibility index (Phi) is 78.5. The maximum absolute atomic E-state index is 12.9.